The number of carbonyl (C=O) groups is 1. The normalized spacial score (nSPS) is 10.8. The second kappa shape index (κ2) is 6.42. The molecule has 1 rings (SSSR count). The summed E-state index contributed by atoms with van der Waals surface area (Å²) in [6, 6.07) is 1.85. The Morgan fingerprint density at radius 1 is 1.28 bits per heavy atom. The fourth-order valence-corrected chi connectivity index (χ4v) is 1.37. The summed E-state index contributed by atoms with van der Waals surface area (Å²) < 4.78 is 36.2. The van der Waals surface area contributed by atoms with Crippen molar-refractivity contribution in [1.82, 2.24) is 5.32 Å². The van der Waals surface area contributed by atoms with E-state index in [-0.39, 0.29) is 17.7 Å². The van der Waals surface area contributed by atoms with E-state index in [1.54, 1.807) is 0 Å². The van der Waals surface area contributed by atoms with Crippen molar-refractivity contribution < 1.29 is 23.0 Å². The average Bonchev–Trinajstić information content (AvgIpc) is 2.34. The zero-order valence-electron chi connectivity index (χ0n) is 10.4. The van der Waals surface area contributed by atoms with Gasteiger partial charge in [0.1, 0.15) is 11.6 Å². The van der Waals surface area contributed by atoms with Crippen molar-refractivity contribution in [3.8, 4) is 0 Å². The number of amides is 1. The highest BCUT2D eigenvalue weighted by molar-refractivity contribution is 5.94. The molecule has 0 aliphatic rings. The Morgan fingerprint density at radius 2 is 1.89 bits per heavy atom. The summed E-state index contributed by atoms with van der Waals surface area (Å²) >= 11 is 0. The maximum Gasteiger partial charge on any atom is 0.254 e. The summed E-state index contributed by atoms with van der Waals surface area (Å²) in [4.78, 5) is 11.7. The van der Waals surface area contributed by atoms with Gasteiger partial charge in [-0.15, -0.1) is 0 Å². The quantitative estimate of drug-likeness (QED) is 0.817. The van der Waals surface area contributed by atoms with E-state index in [0.717, 1.165) is 6.07 Å². The van der Waals surface area contributed by atoms with E-state index >= 15 is 0 Å². The third kappa shape index (κ3) is 3.48. The molecule has 100 valence electrons. The molecular formula is C12H15F2NO3. The van der Waals surface area contributed by atoms with Crippen LogP contribution in [0.15, 0.2) is 12.1 Å². The van der Waals surface area contributed by atoms with E-state index in [4.69, 9.17) is 9.47 Å². The number of aryl methyl sites for hydroxylation is 1. The van der Waals surface area contributed by atoms with E-state index in [2.05, 4.69) is 5.32 Å². The third-order valence-corrected chi connectivity index (χ3v) is 2.45. The highest BCUT2D eigenvalue weighted by atomic mass is 19.1. The van der Waals surface area contributed by atoms with Crippen molar-refractivity contribution >= 4 is 5.91 Å². The van der Waals surface area contributed by atoms with Crippen LogP contribution < -0.4 is 5.32 Å². The number of hydrogen-bond donors (Lipinski definition) is 1. The first-order chi connectivity index (χ1) is 8.49. The lowest BCUT2D eigenvalue weighted by Crippen LogP contribution is -2.34. The highest BCUT2D eigenvalue weighted by Gasteiger charge is 2.15. The van der Waals surface area contributed by atoms with Gasteiger partial charge < -0.3 is 14.8 Å². The first kappa shape index (κ1) is 14.5. The van der Waals surface area contributed by atoms with Gasteiger partial charge >= 0.3 is 0 Å². The summed E-state index contributed by atoms with van der Waals surface area (Å²) in [7, 11) is 2.84. The number of methoxy groups -OCH3 is 2. The zero-order valence-corrected chi connectivity index (χ0v) is 10.4. The van der Waals surface area contributed by atoms with E-state index in [1.165, 1.54) is 21.1 Å². The van der Waals surface area contributed by atoms with Crippen LogP contribution in [0.5, 0.6) is 0 Å². The van der Waals surface area contributed by atoms with Crippen LogP contribution in [0.4, 0.5) is 8.78 Å². The van der Waals surface area contributed by atoms with Crippen LogP contribution in [0.25, 0.3) is 0 Å². The molecule has 1 aromatic rings. The Kier molecular flexibility index (Phi) is 5.18. The number of rotatable bonds is 5. The fourth-order valence-electron chi connectivity index (χ4n) is 1.37. The number of halogens is 2. The Bertz CT molecular complexity index is 434. The number of benzene rings is 1. The minimum Gasteiger partial charge on any atom is -0.354 e. The summed E-state index contributed by atoms with van der Waals surface area (Å²) in [5.74, 6) is -2.23. The Hall–Kier alpha value is -1.53. The van der Waals surface area contributed by atoms with E-state index in [9.17, 15) is 13.6 Å². The Labute approximate surface area is 104 Å². The maximum absolute atomic E-state index is 13.4. The lowest BCUT2D eigenvalue weighted by molar-refractivity contribution is -0.0974. The second-order valence-corrected chi connectivity index (χ2v) is 3.69. The van der Waals surface area contributed by atoms with Crippen molar-refractivity contribution in [2.45, 2.75) is 13.2 Å². The van der Waals surface area contributed by atoms with Crippen LogP contribution in [0.3, 0.4) is 0 Å². The first-order valence-electron chi connectivity index (χ1n) is 5.29. The topological polar surface area (TPSA) is 47.6 Å². The highest BCUT2D eigenvalue weighted by Crippen LogP contribution is 2.14. The second-order valence-electron chi connectivity index (χ2n) is 3.69. The van der Waals surface area contributed by atoms with Crippen LogP contribution >= 0.6 is 0 Å². The van der Waals surface area contributed by atoms with Gasteiger partial charge in [0.25, 0.3) is 5.91 Å². The fraction of sp³-hybridized carbons (Fsp3) is 0.417. The Morgan fingerprint density at radius 3 is 2.44 bits per heavy atom. The van der Waals surface area contributed by atoms with Gasteiger partial charge in [-0.2, -0.15) is 0 Å². The molecule has 0 bridgehead atoms. The molecule has 0 spiro atoms. The van der Waals surface area contributed by atoms with Gasteiger partial charge in [0.2, 0.25) is 0 Å². The summed E-state index contributed by atoms with van der Waals surface area (Å²) in [5.41, 5.74) is -0.00330. The molecule has 0 aliphatic carbocycles. The molecule has 4 nitrogen and oxygen atoms in total. The molecule has 0 saturated carbocycles. The summed E-state index contributed by atoms with van der Waals surface area (Å²) in [6.45, 7) is 1.53. The molecule has 0 unspecified atom stereocenters. The molecule has 0 fully saturated rings. The van der Waals surface area contributed by atoms with Crippen LogP contribution in [0.2, 0.25) is 0 Å². The van der Waals surface area contributed by atoms with Crippen molar-refractivity contribution in [3.63, 3.8) is 0 Å². The minimum atomic E-state index is -0.901. The number of carbonyl (C=O) groups excluding carboxylic acids is 1. The van der Waals surface area contributed by atoms with Gasteiger partial charge in [0.15, 0.2) is 6.29 Å². The molecule has 1 aromatic carbocycles. The zero-order chi connectivity index (χ0) is 13.7. The summed E-state index contributed by atoms with van der Waals surface area (Å²) in [6.07, 6.45) is -0.612. The first-order valence-corrected chi connectivity index (χ1v) is 5.29. The molecule has 18 heavy (non-hydrogen) atoms. The van der Waals surface area contributed by atoms with Gasteiger partial charge in [0.05, 0.1) is 12.1 Å². The molecule has 0 aromatic heterocycles. The van der Waals surface area contributed by atoms with Crippen molar-refractivity contribution in [2.75, 3.05) is 20.8 Å². The van der Waals surface area contributed by atoms with Crippen molar-refractivity contribution in [3.05, 3.63) is 34.9 Å². The lowest BCUT2D eigenvalue weighted by Gasteiger charge is -2.14. The van der Waals surface area contributed by atoms with Crippen LogP contribution in [0, 0.1) is 18.6 Å². The standard InChI is InChI=1S/C12H15F2NO3/c1-7-4-8(10(14)5-9(7)13)12(16)15-6-11(17-2)18-3/h4-5,11H,6H2,1-3H3,(H,15,16). The molecule has 0 aliphatic heterocycles. The molecular weight excluding hydrogens is 244 g/mol. The predicted octanol–water partition coefficient (Wildman–Crippen LogP) is 1.62. The van der Waals surface area contributed by atoms with Gasteiger partial charge in [-0.3, -0.25) is 4.79 Å². The van der Waals surface area contributed by atoms with E-state index in [0.29, 0.717) is 6.07 Å². The SMILES string of the molecule is COC(CNC(=O)c1cc(C)c(F)cc1F)OC. The monoisotopic (exact) mass is 259 g/mol. The smallest absolute Gasteiger partial charge is 0.254 e. The predicted molar refractivity (Wildman–Crippen MR) is 61.2 cm³/mol. The number of nitrogens with one attached hydrogen (secondary N) is 1. The van der Waals surface area contributed by atoms with Gasteiger partial charge in [-0.05, 0) is 18.6 Å². The van der Waals surface area contributed by atoms with Gasteiger partial charge in [-0.25, -0.2) is 8.78 Å². The lowest BCUT2D eigenvalue weighted by atomic mass is 10.1. The third-order valence-electron chi connectivity index (χ3n) is 2.45. The molecule has 0 atom stereocenters. The minimum absolute atomic E-state index is 0.0711. The van der Waals surface area contributed by atoms with Crippen LogP contribution in [0.1, 0.15) is 15.9 Å². The maximum atomic E-state index is 13.4. The van der Waals surface area contributed by atoms with E-state index < -0.39 is 23.8 Å². The van der Waals surface area contributed by atoms with Crippen LogP contribution in [-0.4, -0.2) is 33.0 Å². The molecule has 1 N–H and O–H groups in total. The van der Waals surface area contributed by atoms with Gasteiger partial charge in [0, 0.05) is 20.3 Å². The number of ether oxygens (including phenoxy) is 2. The molecule has 6 heteroatoms. The van der Waals surface area contributed by atoms with E-state index in [1.807, 2.05) is 0 Å². The molecule has 0 radical (unpaired) electrons. The van der Waals surface area contributed by atoms with Gasteiger partial charge in [-0.1, -0.05) is 0 Å². The molecule has 1 amide bonds. The Balaban J connectivity index is 2.76. The van der Waals surface area contributed by atoms with Crippen LogP contribution in [-0.2, 0) is 9.47 Å². The van der Waals surface area contributed by atoms with Crippen molar-refractivity contribution in [1.29, 1.82) is 0 Å². The number of hydrogen-bond acceptors (Lipinski definition) is 3. The summed E-state index contributed by atoms with van der Waals surface area (Å²) in [5, 5.41) is 2.44. The molecule has 0 heterocycles. The largest absolute Gasteiger partial charge is 0.354 e. The van der Waals surface area contributed by atoms with Crippen molar-refractivity contribution in [2.24, 2.45) is 0 Å². The molecule has 0 saturated heterocycles. The average molecular weight is 259 g/mol.